The van der Waals surface area contributed by atoms with Gasteiger partial charge in [0, 0.05) is 19.2 Å². The molecule has 1 N–H and O–H groups in total. The van der Waals surface area contributed by atoms with Crippen molar-refractivity contribution in [3.05, 3.63) is 34.4 Å². The summed E-state index contributed by atoms with van der Waals surface area (Å²) in [6.45, 7) is 0.518. The van der Waals surface area contributed by atoms with Crippen LogP contribution in [0.4, 0.5) is 10.5 Å². The molecule has 0 saturated carbocycles. The molecule has 0 aromatic heterocycles. The molecule has 1 aromatic rings. The van der Waals surface area contributed by atoms with Gasteiger partial charge in [-0.05, 0) is 12.1 Å². The zero-order chi connectivity index (χ0) is 13.4. The third-order valence-corrected chi connectivity index (χ3v) is 1.80. The maximum atomic E-state index is 11.2. The predicted molar refractivity (Wildman–Crippen MR) is 60.1 cm³/mol. The van der Waals surface area contributed by atoms with Crippen LogP contribution < -0.4 is 10.2 Å². The van der Waals surface area contributed by atoms with E-state index in [4.69, 9.17) is 14.3 Å². The van der Waals surface area contributed by atoms with Crippen LogP contribution in [0.1, 0.15) is 0 Å². The SMILES string of the molecule is COCCONC(=O)Oc1ccc([N+](=O)[O-])cc1. The minimum atomic E-state index is -0.819. The van der Waals surface area contributed by atoms with Crippen LogP contribution in [0.3, 0.4) is 0 Å². The molecule has 0 saturated heterocycles. The van der Waals surface area contributed by atoms with Crippen LogP contribution in [0.5, 0.6) is 5.75 Å². The van der Waals surface area contributed by atoms with Crippen molar-refractivity contribution in [2.75, 3.05) is 20.3 Å². The highest BCUT2D eigenvalue weighted by atomic mass is 16.7. The molecule has 8 heteroatoms. The quantitative estimate of drug-likeness (QED) is 0.467. The van der Waals surface area contributed by atoms with Gasteiger partial charge < -0.3 is 9.47 Å². The average Bonchev–Trinajstić information content (AvgIpc) is 2.35. The molecule has 0 aliphatic heterocycles. The van der Waals surface area contributed by atoms with Crippen LogP contribution in [0, 0.1) is 10.1 Å². The van der Waals surface area contributed by atoms with Gasteiger partial charge >= 0.3 is 6.09 Å². The number of rotatable bonds is 6. The number of nitrogens with zero attached hydrogens (tertiary/aromatic N) is 1. The first-order valence-electron chi connectivity index (χ1n) is 4.96. The van der Waals surface area contributed by atoms with Crippen molar-refractivity contribution < 1.29 is 24.0 Å². The highest BCUT2D eigenvalue weighted by Gasteiger charge is 2.07. The largest absolute Gasteiger partial charge is 0.436 e. The number of nitrogens with one attached hydrogen (secondary N) is 1. The maximum absolute atomic E-state index is 11.2. The average molecular weight is 256 g/mol. The first-order chi connectivity index (χ1) is 8.63. The van der Waals surface area contributed by atoms with Gasteiger partial charge in [-0.3, -0.25) is 15.0 Å². The number of methoxy groups -OCH3 is 1. The van der Waals surface area contributed by atoms with Crippen molar-refractivity contribution in [3.63, 3.8) is 0 Å². The second-order valence-electron chi connectivity index (χ2n) is 3.08. The monoisotopic (exact) mass is 256 g/mol. The highest BCUT2D eigenvalue weighted by molar-refractivity contribution is 5.69. The Balaban J connectivity index is 2.37. The number of benzene rings is 1. The maximum Gasteiger partial charge on any atom is 0.436 e. The van der Waals surface area contributed by atoms with Gasteiger partial charge in [0.2, 0.25) is 0 Å². The molecule has 0 heterocycles. The highest BCUT2D eigenvalue weighted by Crippen LogP contribution is 2.17. The number of ether oxygens (including phenoxy) is 2. The molecular weight excluding hydrogens is 244 g/mol. The summed E-state index contributed by atoms with van der Waals surface area (Å²) in [6.07, 6.45) is -0.819. The van der Waals surface area contributed by atoms with Crippen LogP contribution in [0.15, 0.2) is 24.3 Å². The normalized spacial score (nSPS) is 9.83. The topological polar surface area (TPSA) is 99.9 Å². The Morgan fingerprint density at radius 2 is 2.00 bits per heavy atom. The molecule has 18 heavy (non-hydrogen) atoms. The first-order valence-corrected chi connectivity index (χ1v) is 4.96. The van der Waals surface area contributed by atoms with Crippen LogP contribution in [0.2, 0.25) is 0 Å². The van der Waals surface area contributed by atoms with E-state index in [9.17, 15) is 14.9 Å². The summed E-state index contributed by atoms with van der Waals surface area (Å²) in [7, 11) is 1.50. The molecule has 8 nitrogen and oxygen atoms in total. The van der Waals surface area contributed by atoms with Crippen molar-refractivity contribution in [2.45, 2.75) is 0 Å². The van der Waals surface area contributed by atoms with Gasteiger partial charge in [0.05, 0.1) is 18.1 Å². The predicted octanol–water partition coefficient (Wildman–Crippen LogP) is 1.26. The van der Waals surface area contributed by atoms with Crippen LogP contribution in [0.25, 0.3) is 0 Å². The molecule has 0 fully saturated rings. The number of hydrogen-bond acceptors (Lipinski definition) is 6. The third kappa shape index (κ3) is 4.76. The number of amides is 1. The standard InChI is InChI=1S/C10H12N2O6/c1-16-6-7-17-11-10(13)18-9-4-2-8(3-5-9)12(14)15/h2-5H,6-7H2,1H3,(H,11,13). The summed E-state index contributed by atoms with van der Waals surface area (Å²) in [6, 6.07) is 5.09. The number of hydrogen-bond donors (Lipinski definition) is 1. The van der Waals surface area contributed by atoms with Crippen molar-refractivity contribution in [1.29, 1.82) is 0 Å². The summed E-state index contributed by atoms with van der Waals surface area (Å²) < 4.78 is 9.49. The lowest BCUT2D eigenvalue weighted by Crippen LogP contribution is -2.28. The van der Waals surface area contributed by atoms with Gasteiger partial charge in [-0.2, -0.15) is 5.48 Å². The van der Waals surface area contributed by atoms with E-state index in [2.05, 4.69) is 0 Å². The van der Waals surface area contributed by atoms with E-state index in [-0.39, 0.29) is 18.0 Å². The van der Waals surface area contributed by atoms with E-state index in [1.165, 1.54) is 31.4 Å². The molecule has 1 amide bonds. The summed E-state index contributed by atoms with van der Waals surface area (Å²) in [5.41, 5.74) is 1.94. The molecule has 0 aliphatic carbocycles. The fraction of sp³-hybridized carbons (Fsp3) is 0.300. The van der Waals surface area contributed by atoms with Gasteiger partial charge in [0.15, 0.2) is 0 Å². The second-order valence-corrected chi connectivity index (χ2v) is 3.08. The number of non-ortho nitro benzene ring substituents is 1. The van der Waals surface area contributed by atoms with Crippen molar-refractivity contribution in [3.8, 4) is 5.75 Å². The van der Waals surface area contributed by atoms with Gasteiger partial charge in [0.25, 0.3) is 5.69 Å². The van der Waals surface area contributed by atoms with E-state index in [1.54, 1.807) is 0 Å². The van der Waals surface area contributed by atoms with Gasteiger partial charge in [-0.1, -0.05) is 0 Å². The molecular formula is C10H12N2O6. The van der Waals surface area contributed by atoms with E-state index in [0.29, 0.717) is 6.61 Å². The molecule has 0 unspecified atom stereocenters. The molecule has 1 aromatic carbocycles. The lowest BCUT2D eigenvalue weighted by atomic mass is 10.3. The molecule has 0 bridgehead atoms. The summed E-state index contributed by atoms with van der Waals surface area (Å²) in [4.78, 5) is 25.7. The minimum absolute atomic E-state index is 0.0842. The number of nitro groups is 1. The van der Waals surface area contributed by atoms with Gasteiger partial charge in [-0.15, -0.1) is 0 Å². The van der Waals surface area contributed by atoms with Crippen LogP contribution >= 0.6 is 0 Å². The second kappa shape index (κ2) is 7.20. The van der Waals surface area contributed by atoms with Crippen LogP contribution in [-0.4, -0.2) is 31.3 Å². The Labute approximate surface area is 103 Å². The third-order valence-electron chi connectivity index (χ3n) is 1.80. The van der Waals surface area contributed by atoms with E-state index >= 15 is 0 Å². The minimum Gasteiger partial charge on any atom is -0.409 e. The van der Waals surface area contributed by atoms with Gasteiger partial charge in [-0.25, -0.2) is 4.79 Å². The number of carbonyl (C=O) groups excluding carboxylic acids is 1. The van der Waals surface area contributed by atoms with Crippen molar-refractivity contribution in [2.24, 2.45) is 0 Å². The lowest BCUT2D eigenvalue weighted by molar-refractivity contribution is -0.384. The van der Waals surface area contributed by atoms with E-state index in [0.717, 1.165) is 0 Å². The zero-order valence-electron chi connectivity index (χ0n) is 9.62. The molecule has 0 atom stereocenters. The van der Waals surface area contributed by atoms with Gasteiger partial charge in [0.1, 0.15) is 5.75 Å². The summed E-state index contributed by atoms with van der Waals surface area (Å²) >= 11 is 0. The number of hydroxylamine groups is 1. The summed E-state index contributed by atoms with van der Waals surface area (Å²) in [5.74, 6) is 0.174. The summed E-state index contributed by atoms with van der Waals surface area (Å²) in [5, 5.41) is 10.4. The van der Waals surface area contributed by atoms with Crippen molar-refractivity contribution in [1.82, 2.24) is 5.48 Å². The Bertz CT molecular complexity index is 405. The van der Waals surface area contributed by atoms with Crippen LogP contribution in [-0.2, 0) is 9.57 Å². The molecule has 0 aliphatic rings. The molecule has 1 rings (SSSR count). The first kappa shape index (κ1) is 13.9. The molecule has 0 spiro atoms. The smallest absolute Gasteiger partial charge is 0.409 e. The number of carbonyl (C=O) groups is 1. The Hall–Kier alpha value is -2.19. The Kier molecular flexibility index (Phi) is 5.55. The Morgan fingerprint density at radius 1 is 1.33 bits per heavy atom. The fourth-order valence-corrected chi connectivity index (χ4v) is 0.999. The molecule has 0 radical (unpaired) electrons. The fourth-order valence-electron chi connectivity index (χ4n) is 0.999. The zero-order valence-corrected chi connectivity index (χ0v) is 9.62. The lowest BCUT2D eigenvalue weighted by Gasteiger charge is -2.06. The number of nitro benzene ring substituents is 1. The Morgan fingerprint density at radius 3 is 2.56 bits per heavy atom. The van der Waals surface area contributed by atoms with E-state index in [1.807, 2.05) is 5.48 Å². The van der Waals surface area contributed by atoms with E-state index < -0.39 is 11.0 Å². The molecule has 98 valence electrons. The van der Waals surface area contributed by atoms with Crippen molar-refractivity contribution >= 4 is 11.8 Å².